The summed E-state index contributed by atoms with van der Waals surface area (Å²) in [5, 5.41) is 0. The standard InChI is InChI=1S/C14H26N4O8S2/c1-5-15-9-10(16(6-2)27(15,19)20)24-13(23-9)14-25-11-12(26-14)18(8-4)28(21,22)17(11)7-3/h9-14H,5-8H2,1-4H3/t9-,10-,11-,12+,14?/m0/s1. The summed E-state index contributed by atoms with van der Waals surface area (Å²) >= 11 is 0. The molecule has 4 fully saturated rings. The summed E-state index contributed by atoms with van der Waals surface area (Å²) in [5.74, 6) is 0. The molecule has 0 amide bonds. The Hall–Kier alpha value is -0.420. The van der Waals surface area contributed by atoms with E-state index in [9.17, 15) is 16.8 Å². The zero-order valence-electron chi connectivity index (χ0n) is 16.2. The Kier molecular flexibility index (Phi) is 5.27. The first kappa shape index (κ1) is 20.8. The van der Waals surface area contributed by atoms with Crippen molar-refractivity contribution in [2.24, 2.45) is 0 Å². The van der Waals surface area contributed by atoms with Crippen molar-refractivity contribution in [3.05, 3.63) is 0 Å². The van der Waals surface area contributed by atoms with E-state index in [1.807, 2.05) is 0 Å². The zero-order valence-corrected chi connectivity index (χ0v) is 17.8. The molecule has 1 unspecified atom stereocenters. The van der Waals surface area contributed by atoms with Gasteiger partial charge in [0.05, 0.1) is 0 Å². The van der Waals surface area contributed by atoms with Crippen LogP contribution in [0.15, 0.2) is 0 Å². The zero-order chi connectivity index (χ0) is 20.4. The summed E-state index contributed by atoms with van der Waals surface area (Å²) in [5.41, 5.74) is 0. The van der Waals surface area contributed by atoms with Gasteiger partial charge in [0, 0.05) is 26.2 Å². The maximum atomic E-state index is 12.5. The molecule has 28 heavy (non-hydrogen) atoms. The highest BCUT2D eigenvalue weighted by Gasteiger charge is 2.63. The summed E-state index contributed by atoms with van der Waals surface area (Å²) < 4.78 is 78.5. The van der Waals surface area contributed by atoms with Gasteiger partial charge in [-0.05, 0) is 0 Å². The molecule has 4 rings (SSSR count). The van der Waals surface area contributed by atoms with Gasteiger partial charge in [-0.3, -0.25) is 0 Å². The Morgan fingerprint density at radius 2 is 0.750 bits per heavy atom. The highest BCUT2D eigenvalue weighted by atomic mass is 32.2. The molecule has 0 N–H and O–H groups in total. The summed E-state index contributed by atoms with van der Waals surface area (Å²) in [7, 11) is -7.30. The first-order valence-corrected chi connectivity index (χ1v) is 12.2. The van der Waals surface area contributed by atoms with Crippen LogP contribution in [0, 0.1) is 0 Å². The molecular weight excluding hydrogens is 416 g/mol. The van der Waals surface area contributed by atoms with Gasteiger partial charge in [-0.15, -0.1) is 0 Å². The first-order chi connectivity index (χ1) is 13.2. The quantitative estimate of drug-likeness (QED) is 0.523. The van der Waals surface area contributed by atoms with E-state index >= 15 is 0 Å². The maximum absolute atomic E-state index is 12.5. The van der Waals surface area contributed by atoms with Crippen molar-refractivity contribution in [3.8, 4) is 0 Å². The molecule has 0 aromatic heterocycles. The Labute approximate surface area is 165 Å². The van der Waals surface area contributed by atoms with E-state index in [2.05, 4.69) is 0 Å². The van der Waals surface area contributed by atoms with Crippen molar-refractivity contribution in [3.63, 3.8) is 0 Å². The van der Waals surface area contributed by atoms with Crippen LogP contribution in [-0.2, 0) is 39.4 Å². The van der Waals surface area contributed by atoms with Crippen LogP contribution in [0.2, 0.25) is 0 Å². The monoisotopic (exact) mass is 442 g/mol. The van der Waals surface area contributed by atoms with E-state index in [1.165, 1.54) is 17.2 Å². The van der Waals surface area contributed by atoms with Crippen LogP contribution in [0.3, 0.4) is 0 Å². The minimum atomic E-state index is -3.65. The Balaban J connectivity index is 1.53. The molecule has 14 heteroatoms. The van der Waals surface area contributed by atoms with Crippen molar-refractivity contribution in [1.29, 1.82) is 0 Å². The second-order valence-corrected chi connectivity index (χ2v) is 10.3. The fourth-order valence-corrected chi connectivity index (χ4v) is 7.66. The van der Waals surface area contributed by atoms with Gasteiger partial charge in [-0.2, -0.15) is 34.1 Å². The fourth-order valence-electron chi connectivity index (χ4n) is 4.15. The third-order valence-electron chi connectivity index (χ3n) is 5.37. The van der Waals surface area contributed by atoms with Crippen LogP contribution in [0.4, 0.5) is 0 Å². The molecule has 0 saturated carbocycles. The number of nitrogens with zero attached hydrogens (tertiary/aromatic N) is 4. The van der Waals surface area contributed by atoms with Gasteiger partial charge in [-0.1, -0.05) is 27.7 Å². The molecule has 4 saturated heterocycles. The summed E-state index contributed by atoms with van der Waals surface area (Å²) in [6, 6.07) is 0. The van der Waals surface area contributed by atoms with Gasteiger partial charge in [0.25, 0.3) is 20.4 Å². The molecule has 0 aromatic carbocycles. The van der Waals surface area contributed by atoms with Crippen LogP contribution in [0.1, 0.15) is 27.7 Å². The molecule has 4 aliphatic heterocycles. The SMILES string of the molecule is CCN1[C@@H]2OC(C3O[C@H]4[C@H](O3)N(CC)S(=O)(=O)N4CC)O[C@@H]2N(CC)S1(=O)=O. The molecule has 0 aromatic rings. The third kappa shape index (κ3) is 2.71. The van der Waals surface area contributed by atoms with Crippen molar-refractivity contribution < 1.29 is 35.8 Å². The van der Waals surface area contributed by atoms with Gasteiger partial charge in [0.15, 0.2) is 24.9 Å². The second kappa shape index (κ2) is 7.08. The van der Waals surface area contributed by atoms with E-state index in [4.69, 9.17) is 18.9 Å². The number of ether oxygens (including phenoxy) is 4. The molecule has 0 spiro atoms. The molecule has 0 radical (unpaired) electrons. The molecule has 4 heterocycles. The predicted molar refractivity (Wildman–Crippen MR) is 94.4 cm³/mol. The molecule has 4 aliphatic rings. The van der Waals surface area contributed by atoms with Crippen molar-refractivity contribution in [2.75, 3.05) is 26.2 Å². The molecule has 12 nitrogen and oxygen atoms in total. The van der Waals surface area contributed by atoms with Gasteiger partial charge >= 0.3 is 0 Å². The van der Waals surface area contributed by atoms with Gasteiger partial charge in [0.1, 0.15) is 0 Å². The molecule has 5 atom stereocenters. The average Bonchev–Trinajstić information content (AvgIpc) is 3.30. The van der Waals surface area contributed by atoms with Crippen LogP contribution in [0.25, 0.3) is 0 Å². The van der Waals surface area contributed by atoms with Gasteiger partial charge in [-0.25, -0.2) is 0 Å². The van der Waals surface area contributed by atoms with Crippen LogP contribution in [0.5, 0.6) is 0 Å². The Morgan fingerprint density at radius 1 is 0.536 bits per heavy atom. The highest BCUT2D eigenvalue weighted by molar-refractivity contribution is 7.87. The van der Waals surface area contributed by atoms with E-state index in [-0.39, 0.29) is 26.2 Å². The van der Waals surface area contributed by atoms with E-state index < -0.39 is 57.9 Å². The lowest BCUT2D eigenvalue weighted by molar-refractivity contribution is -0.237. The molecule has 0 aliphatic carbocycles. The second-order valence-electron chi connectivity index (χ2n) is 6.67. The van der Waals surface area contributed by atoms with Crippen molar-refractivity contribution in [1.82, 2.24) is 17.2 Å². The average molecular weight is 443 g/mol. The normalized spacial score (nSPS) is 41.6. The highest BCUT2D eigenvalue weighted by Crippen LogP contribution is 2.42. The van der Waals surface area contributed by atoms with E-state index in [0.717, 1.165) is 0 Å². The van der Waals surface area contributed by atoms with Crippen LogP contribution in [-0.4, -0.2) is 97.7 Å². The molecule has 162 valence electrons. The first-order valence-electron chi connectivity index (χ1n) is 9.41. The number of hydrogen-bond donors (Lipinski definition) is 0. The summed E-state index contributed by atoms with van der Waals surface area (Å²) in [6.07, 6.45) is -5.16. The lowest BCUT2D eigenvalue weighted by Gasteiger charge is -2.26. The van der Waals surface area contributed by atoms with Crippen LogP contribution < -0.4 is 0 Å². The smallest absolute Gasteiger partial charge is 0.286 e. The van der Waals surface area contributed by atoms with Gasteiger partial charge < -0.3 is 18.9 Å². The number of rotatable bonds is 5. The summed E-state index contributed by atoms with van der Waals surface area (Å²) in [4.78, 5) is 0. The van der Waals surface area contributed by atoms with Gasteiger partial charge in [0.2, 0.25) is 12.6 Å². The molecule has 0 bridgehead atoms. The van der Waals surface area contributed by atoms with E-state index in [1.54, 1.807) is 27.7 Å². The number of hydrogen-bond acceptors (Lipinski definition) is 8. The Bertz CT molecular complexity index is 703. The lowest BCUT2D eigenvalue weighted by atomic mass is 10.4. The number of fused-ring (bicyclic) bond motifs is 2. The fraction of sp³-hybridized carbons (Fsp3) is 1.00. The summed E-state index contributed by atoms with van der Waals surface area (Å²) in [6.45, 7) is 7.83. The van der Waals surface area contributed by atoms with Crippen molar-refractivity contribution >= 4 is 20.4 Å². The minimum Gasteiger partial charge on any atom is -0.324 e. The molecular formula is C14H26N4O8S2. The lowest BCUT2D eigenvalue weighted by Crippen LogP contribution is -2.43. The Morgan fingerprint density at radius 3 is 0.929 bits per heavy atom. The van der Waals surface area contributed by atoms with Crippen molar-refractivity contribution in [2.45, 2.75) is 65.2 Å². The maximum Gasteiger partial charge on any atom is 0.286 e. The number of likely N-dealkylation sites (N-methyl/N-ethyl adjacent to an activating group) is 4. The largest absolute Gasteiger partial charge is 0.324 e. The van der Waals surface area contributed by atoms with E-state index in [0.29, 0.717) is 0 Å². The topological polar surface area (TPSA) is 118 Å². The van der Waals surface area contributed by atoms with Crippen LogP contribution >= 0.6 is 0 Å². The third-order valence-corrected chi connectivity index (χ3v) is 9.61. The predicted octanol–water partition coefficient (Wildman–Crippen LogP) is -1.16. The minimum absolute atomic E-state index is 0.235.